The lowest BCUT2D eigenvalue weighted by molar-refractivity contribution is -0.123. The lowest BCUT2D eigenvalue weighted by Gasteiger charge is -2.31. The number of carbonyl (C=O) groups is 3. The fourth-order valence-corrected chi connectivity index (χ4v) is 3.42. The maximum atomic E-state index is 13.1. The van der Waals surface area contributed by atoms with Crippen molar-refractivity contribution >= 4 is 17.9 Å². The average molecular weight is 413 g/mol. The molecule has 1 aliphatic heterocycles. The first-order valence-electron chi connectivity index (χ1n) is 9.81. The monoisotopic (exact) mass is 413 g/mol. The number of amides is 3. The van der Waals surface area contributed by atoms with Gasteiger partial charge in [0.05, 0.1) is 0 Å². The molecule has 3 N–H and O–H groups in total. The van der Waals surface area contributed by atoms with E-state index >= 15 is 0 Å². The summed E-state index contributed by atoms with van der Waals surface area (Å²) in [5.41, 5.74) is 1.15. The van der Waals surface area contributed by atoms with Crippen molar-refractivity contribution in [3.63, 3.8) is 0 Å². The smallest absolute Gasteiger partial charge is 0.407 e. The largest absolute Gasteiger partial charge is 0.465 e. The molecule has 3 amide bonds. The van der Waals surface area contributed by atoms with Gasteiger partial charge in [0.15, 0.2) is 0 Å². The molecular formula is C22H24FN3O4. The third kappa shape index (κ3) is 5.79. The highest BCUT2D eigenvalue weighted by Gasteiger charge is 2.27. The van der Waals surface area contributed by atoms with Crippen molar-refractivity contribution in [1.82, 2.24) is 15.5 Å². The molecule has 0 aromatic heterocycles. The van der Waals surface area contributed by atoms with E-state index in [4.69, 9.17) is 5.11 Å². The summed E-state index contributed by atoms with van der Waals surface area (Å²) in [5.74, 6) is -1.24. The van der Waals surface area contributed by atoms with E-state index in [0.29, 0.717) is 32.4 Å². The van der Waals surface area contributed by atoms with Crippen LogP contribution in [-0.2, 0) is 11.2 Å². The zero-order valence-electron chi connectivity index (χ0n) is 16.4. The van der Waals surface area contributed by atoms with Crippen molar-refractivity contribution in [3.8, 4) is 0 Å². The number of nitrogens with one attached hydrogen (secondary N) is 2. The molecule has 3 rings (SSSR count). The Morgan fingerprint density at radius 3 is 2.27 bits per heavy atom. The Bertz CT molecular complexity index is 881. The number of rotatable bonds is 6. The lowest BCUT2D eigenvalue weighted by Crippen LogP contribution is -2.53. The fourth-order valence-electron chi connectivity index (χ4n) is 3.42. The first kappa shape index (κ1) is 21.3. The molecule has 0 aliphatic carbocycles. The molecule has 1 atom stereocenters. The molecule has 7 nitrogen and oxygen atoms in total. The number of nitrogens with zero attached hydrogens (tertiary/aromatic N) is 1. The summed E-state index contributed by atoms with van der Waals surface area (Å²) in [4.78, 5) is 37.9. The highest BCUT2D eigenvalue weighted by molar-refractivity contribution is 5.97. The Kier molecular flexibility index (Phi) is 7.00. The fraction of sp³-hybridized carbons (Fsp3) is 0.318. The van der Waals surface area contributed by atoms with E-state index in [2.05, 4.69) is 10.6 Å². The van der Waals surface area contributed by atoms with Gasteiger partial charge in [0.1, 0.15) is 11.9 Å². The maximum absolute atomic E-state index is 13.1. The third-order valence-corrected chi connectivity index (χ3v) is 5.12. The molecule has 2 aromatic carbocycles. The number of hydrogen-bond donors (Lipinski definition) is 3. The van der Waals surface area contributed by atoms with E-state index < -0.39 is 23.9 Å². The molecule has 0 saturated carbocycles. The van der Waals surface area contributed by atoms with E-state index in [0.717, 1.165) is 5.56 Å². The van der Waals surface area contributed by atoms with Gasteiger partial charge in [0.25, 0.3) is 5.91 Å². The predicted molar refractivity (Wildman–Crippen MR) is 109 cm³/mol. The summed E-state index contributed by atoms with van der Waals surface area (Å²) in [7, 11) is 0. The van der Waals surface area contributed by atoms with Crippen molar-refractivity contribution in [1.29, 1.82) is 0 Å². The number of halogens is 1. The highest BCUT2D eigenvalue weighted by Crippen LogP contribution is 2.12. The van der Waals surface area contributed by atoms with Crippen molar-refractivity contribution < 1.29 is 23.9 Å². The van der Waals surface area contributed by atoms with E-state index in [1.165, 1.54) is 29.2 Å². The number of piperidine rings is 1. The molecule has 1 aliphatic rings. The van der Waals surface area contributed by atoms with Gasteiger partial charge in [0.2, 0.25) is 5.91 Å². The lowest BCUT2D eigenvalue weighted by atomic mass is 10.0. The van der Waals surface area contributed by atoms with Crippen LogP contribution < -0.4 is 10.6 Å². The number of carboxylic acid groups (broad SMARTS) is 1. The molecule has 1 fully saturated rings. The Morgan fingerprint density at radius 2 is 1.67 bits per heavy atom. The van der Waals surface area contributed by atoms with Crippen LogP contribution in [0.1, 0.15) is 28.8 Å². The van der Waals surface area contributed by atoms with E-state index in [9.17, 15) is 18.8 Å². The molecule has 8 heteroatoms. The van der Waals surface area contributed by atoms with Gasteiger partial charge in [-0.3, -0.25) is 9.59 Å². The minimum absolute atomic E-state index is 0.158. The number of likely N-dealkylation sites (tertiary alicyclic amines) is 1. The first-order chi connectivity index (χ1) is 14.4. The third-order valence-electron chi connectivity index (χ3n) is 5.12. The summed E-state index contributed by atoms with van der Waals surface area (Å²) in [6.07, 6.45) is 0.366. The minimum atomic E-state index is -0.965. The van der Waals surface area contributed by atoms with Gasteiger partial charge in [-0.15, -0.1) is 0 Å². The Hall–Kier alpha value is -3.42. The summed E-state index contributed by atoms with van der Waals surface area (Å²) in [6, 6.07) is 13.5. The van der Waals surface area contributed by atoms with Crippen LogP contribution in [0.25, 0.3) is 0 Å². The van der Waals surface area contributed by atoms with Gasteiger partial charge in [-0.1, -0.05) is 30.3 Å². The summed E-state index contributed by atoms with van der Waals surface area (Å²) in [6.45, 7) is 0.705. The number of hydrogen-bond acceptors (Lipinski definition) is 3. The molecule has 0 spiro atoms. The standard InChI is InChI=1S/C22H24FN3O4/c23-17-8-6-16(7-9-17)20(27)25-19(14-15-4-2-1-3-5-15)21(28)24-18-10-12-26(13-11-18)22(29)30/h1-9,18-19H,10-14H2,(H,24,28)(H,25,27)(H,29,30). The normalized spacial score (nSPS) is 15.3. The van der Waals surface area contributed by atoms with Gasteiger partial charge in [-0.05, 0) is 42.7 Å². The van der Waals surface area contributed by atoms with Gasteiger partial charge in [0, 0.05) is 31.1 Å². The van der Waals surface area contributed by atoms with Crippen molar-refractivity contribution in [2.45, 2.75) is 31.3 Å². The second kappa shape index (κ2) is 9.87. The molecule has 1 heterocycles. The van der Waals surface area contributed by atoms with Crippen molar-refractivity contribution in [2.75, 3.05) is 13.1 Å². The summed E-state index contributed by atoms with van der Waals surface area (Å²) < 4.78 is 13.1. The Balaban J connectivity index is 1.67. The molecule has 2 aromatic rings. The molecule has 0 radical (unpaired) electrons. The second-order valence-corrected chi connectivity index (χ2v) is 7.28. The average Bonchev–Trinajstić information content (AvgIpc) is 2.74. The Labute approximate surface area is 173 Å². The molecule has 1 saturated heterocycles. The van der Waals surface area contributed by atoms with Crippen LogP contribution in [-0.4, -0.2) is 53.1 Å². The van der Waals surface area contributed by atoms with Gasteiger partial charge in [-0.2, -0.15) is 0 Å². The summed E-state index contributed by atoms with van der Waals surface area (Å²) in [5, 5.41) is 14.7. The van der Waals surface area contributed by atoms with E-state index in [-0.39, 0.29) is 17.5 Å². The molecular weight excluding hydrogens is 389 g/mol. The topological polar surface area (TPSA) is 98.7 Å². The van der Waals surface area contributed by atoms with Crippen LogP contribution in [0.4, 0.5) is 9.18 Å². The van der Waals surface area contributed by atoms with Crippen LogP contribution in [0, 0.1) is 5.82 Å². The predicted octanol–water partition coefficient (Wildman–Crippen LogP) is 2.43. The van der Waals surface area contributed by atoms with E-state index in [1.54, 1.807) is 0 Å². The quantitative estimate of drug-likeness (QED) is 0.677. The van der Waals surface area contributed by atoms with Gasteiger partial charge in [-0.25, -0.2) is 9.18 Å². The number of benzene rings is 2. The van der Waals surface area contributed by atoms with Crippen LogP contribution >= 0.6 is 0 Å². The number of carbonyl (C=O) groups excluding carboxylic acids is 2. The van der Waals surface area contributed by atoms with Gasteiger partial charge >= 0.3 is 6.09 Å². The van der Waals surface area contributed by atoms with Crippen LogP contribution in [0.5, 0.6) is 0 Å². The summed E-state index contributed by atoms with van der Waals surface area (Å²) >= 11 is 0. The van der Waals surface area contributed by atoms with Crippen molar-refractivity contribution in [3.05, 3.63) is 71.5 Å². The minimum Gasteiger partial charge on any atom is -0.465 e. The molecule has 0 bridgehead atoms. The maximum Gasteiger partial charge on any atom is 0.407 e. The van der Waals surface area contributed by atoms with E-state index in [1.807, 2.05) is 30.3 Å². The first-order valence-corrected chi connectivity index (χ1v) is 9.81. The van der Waals surface area contributed by atoms with Crippen LogP contribution in [0.3, 0.4) is 0 Å². The SMILES string of the molecule is O=C(NC(Cc1ccccc1)C(=O)NC1CCN(C(=O)O)CC1)c1ccc(F)cc1. The Morgan fingerprint density at radius 1 is 1.03 bits per heavy atom. The zero-order chi connectivity index (χ0) is 21.5. The molecule has 1 unspecified atom stereocenters. The molecule has 158 valence electrons. The van der Waals surface area contributed by atoms with Gasteiger partial charge < -0.3 is 20.6 Å². The molecule has 30 heavy (non-hydrogen) atoms. The highest BCUT2D eigenvalue weighted by atomic mass is 19.1. The zero-order valence-corrected chi connectivity index (χ0v) is 16.4. The van der Waals surface area contributed by atoms with Crippen LogP contribution in [0.2, 0.25) is 0 Å². The van der Waals surface area contributed by atoms with Crippen LogP contribution in [0.15, 0.2) is 54.6 Å². The van der Waals surface area contributed by atoms with Crippen molar-refractivity contribution in [2.24, 2.45) is 0 Å². The second-order valence-electron chi connectivity index (χ2n) is 7.28.